The summed E-state index contributed by atoms with van der Waals surface area (Å²) in [6.45, 7) is 2.67. The third-order valence-corrected chi connectivity index (χ3v) is 8.78. The summed E-state index contributed by atoms with van der Waals surface area (Å²) >= 11 is 0. The highest BCUT2D eigenvalue weighted by atomic mass is 16.2. The van der Waals surface area contributed by atoms with Crippen LogP contribution < -0.4 is 0 Å². The highest BCUT2D eigenvalue weighted by Crippen LogP contribution is 2.40. The van der Waals surface area contributed by atoms with Crippen LogP contribution in [0.25, 0.3) is 11.1 Å². The van der Waals surface area contributed by atoms with Gasteiger partial charge < -0.3 is 5.11 Å². The minimum absolute atomic E-state index is 0.352. The molecule has 0 atom stereocenters. The van der Waals surface area contributed by atoms with Crippen molar-refractivity contribution in [1.29, 1.82) is 0 Å². The summed E-state index contributed by atoms with van der Waals surface area (Å²) in [5.74, 6) is 3.39. The van der Waals surface area contributed by atoms with E-state index in [-0.39, 0.29) is 0 Å². The van der Waals surface area contributed by atoms with Gasteiger partial charge in [-0.3, -0.25) is 0 Å². The van der Waals surface area contributed by atoms with E-state index in [9.17, 15) is 0 Å². The minimum atomic E-state index is 0.352. The second-order valence-corrected chi connectivity index (χ2v) is 11.0. The fourth-order valence-electron chi connectivity index (χ4n) is 6.50. The van der Waals surface area contributed by atoms with Gasteiger partial charge in [0.15, 0.2) is 0 Å². The standard InChI is InChI=1S/C32H46O/c1-2-3-6-25-8-12-27(13-9-25)29-16-20-31(21-17-29)32-22-18-30(19-23-32)28-14-10-26(11-15-28)7-4-5-24-33/h16-23,25-28,33H,2-15,24H2,1H3. The molecular formula is C32H46O. The lowest BCUT2D eigenvalue weighted by atomic mass is 9.76. The van der Waals surface area contributed by atoms with Crippen LogP contribution in [0.5, 0.6) is 0 Å². The maximum Gasteiger partial charge on any atom is 0.0431 e. The molecule has 33 heavy (non-hydrogen) atoms. The van der Waals surface area contributed by atoms with Gasteiger partial charge in [0.05, 0.1) is 0 Å². The van der Waals surface area contributed by atoms with Crippen LogP contribution in [0.1, 0.15) is 120 Å². The molecule has 180 valence electrons. The van der Waals surface area contributed by atoms with Crippen LogP contribution in [0.3, 0.4) is 0 Å². The Balaban J connectivity index is 1.27. The van der Waals surface area contributed by atoms with Crippen molar-refractivity contribution in [2.75, 3.05) is 6.61 Å². The van der Waals surface area contributed by atoms with Gasteiger partial charge in [-0.1, -0.05) is 87.6 Å². The van der Waals surface area contributed by atoms with Crippen LogP contribution in [0.15, 0.2) is 48.5 Å². The lowest BCUT2D eigenvalue weighted by Gasteiger charge is -2.29. The molecule has 2 aromatic carbocycles. The molecule has 0 unspecified atom stereocenters. The first-order valence-corrected chi connectivity index (χ1v) is 14.1. The second kappa shape index (κ2) is 12.7. The van der Waals surface area contributed by atoms with Crippen molar-refractivity contribution in [1.82, 2.24) is 0 Å². The summed E-state index contributed by atoms with van der Waals surface area (Å²) in [6, 6.07) is 19.0. The molecule has 4 rings (SSSR count). The van der Waals surface area contributed by atoms with Crippen LogP contribution in [-0.4, -0.2) is 11.7 Å². The average molecular weight is 447 g/mol. The lowest BCUT2D eigenvalue weighted by molar-refractivity contribution is 0.261. The Morgan fingerprint density at radius 3 is 1.39 bits per heavy atom. The highest BCUT2D eigenvalue weighted by Gasteiger charge is 2.23. The van der Waals surface area contributed by atoms with Gasteiger partial charge in [-0.2, -0.15) is 0 Å². The van der Waals surface area contributed by atoms with Crippen LogP contribution in [0.4, 0.5) is 0 Å². The van der Waals surface area contributed by atoms with E-state index in [1.807, 2.05) is 0 Å². The molecule has 2 aliphatic carbocycles. The molecule has 0 bridgehead atoms. The molecule has 0 heterocycles. The van der Waals surface area contributed by atoms with Gasteiger partial charge in [0, 0.05) is 6.61 Å². The van der Waals surface area contributed by atoms with Gasteiger partial charge in [-0.05, 0) is 104 Å². The van der Waals surface area contributed by atoms with Gasteiger partial charge in [0.2, 0.25) is 0 Å². The molecule has 0 radical (unpaired) electrons. The molecule has 0 amide bonds. The van der Waals surface area contributed by atoms with Crippen molar-refractivity contribution in [3.63, 3.8) is 0 Å². The normalized spacial score (nSPS) is 25.8. The Morgan fingerprint density at radius 2 is 1.00 bits per heavy atom. The number of benzene rings is 2. The van der Waals surface area contributed by atoms with Crippen LogP contribution in [-0.2, 0) is 0 Å². The van der Waals surface area contributed by atoms with E-state index in [2.05, 4.69) is 55.5 Å². The first-order valence-electron chi connectivity index (χ1n) is 14.1. The van der Waals surface area contributed by atoms with Gasteiger partial charge in [-0.15, -0.1) is 0 Å². The summed E-state index contributed by atoms with van der Waals surface area (Å²) in [4.78, 5) is 0. The van der Waals surface area contributed by atoms with Crippen LogP contribution in [0, 0.1) is 11.8 Å². The third kappa shape index (κ3) is 6.95. The van der Waals surface area contributed by atoms with E-state index >= 15 is 0 Å². The monoisotopic (exact) mass is 446 g/mol. The maximum absolute atomic E-state index is 9.00. The summed E-state index contributed by atoms with van der Waals surface area (Å²) in [5.41, 5.74) is 5.80. The van der Waals surface area contributed by atoms with Gasteiger partial charge in [0.1, 0.15) is 0 Å². The molecule has 2 aromatic rings. The van der Waals surface area contributed by atoms with Crippen molar-refractivity contribution >= 4 is 0 Å². The molecule has 0 spiro atoms. The SMILES string of the molecule is CCCCC1CCC(c2ccc(-c3ccc(C4CCC(CCCCO)CC4)cc3)cc2)CC1. The number of hydrogen-bond acceptors (Lipinski definition) is 1. The molecular weight excluding hydrogens is 400 g/mol. The summed E-state index contributed by atoms with van der Waals surface area (Å²) in [6.07, 6.45) is 18.7. The molecule has 2 fully saturated rings. The molecule has 0 saturated heterocycles. The Hall–Kier alpha value is -1.60. The van der Waals surface area contributed by atoms with E-state index in [0.29, 0.717) is 6.61 Å². The van der Waals surface area contributed by atoms with Crippen molar-refractivity contribution in [2.24, 2.45) is 11.8 Å². The van der Waals surface area contributed by atoms with Crippen molar-refractivity contribution in [3.8, 4) is 11.1 Å². The topological polar surface area (TPSA) is 20.2 Å². The van der Waals surface area contributed by atoms with Crippen molar-refractivity contribution in [2.45, 2.75) is 109 Å². The first kappa shape index (κ1) is 24.5. The zero-order chi connectivity index (χ0) is 22.9. The molecule has 0 aromatic heterocycles. The predicted molar refractivity (Wildman–Crippen MR) is 142 cm³/mol. The average Bonchev–Trinajstić information content (AvgIpc) is 2.89. The number of aliphatic hydroxyl groups is 1. The van der Waals surface area contributed by atoms with Crippen molar-refractivity contribution < 1.29 is 5.11 Å². The van der Waals surface area contributed by atoms with Crippen LogP contribution >= 0.6 is 0 Å². The van der Waals surface area contributed by atoms with Gasteiger partial charge in [0.25, 0.3) is 0 Å². The largest absolute Gasteiger partial charge is 0.396 e. The van der Waals surface area contributed by atoms with Crippen LogP contribution in [0.2, 0.25) is 0 Å². The fourth-order valence-corrected chi connectivity index (χ4v) is 6.50. The Morgan fingerprint density at radius 1 is 0.576 bits per heavy atom. The minimum Gasteiger partial charge on any atom is -0.396 e. The van der Waals surface area contributed by atoms with Crippen molar-refractivity contribution in [3.05, 3.63) is 59.7 Å². The highest BCUT2D eigenvalue weighted by molar-refractivity contribution is 5.64. The molecule has 1 heteroatoms. The molecule has 0 aliphatic heterocycles. The van der Waals surface area contributed by atoms with E-state index < -0.39 is 0 Å². The van der Waals surface area contributed by atoms with Gasteiger partial charge >= 0.3 is 0 Å². The summed E-state index contributed by atoms with van der Waals surface area (Å²) in [7, 11) is 0. The maximum atomic E-state index is 9.00. The summed E-state index contributed by atoms with van der Waals surface area (Å²) in [5, 5.41) is 9.00. The van der Waals surface area contributed by atoms with E-state index in [1.54, 1.807) is 5.56 Å². The lowest BCUT2D eigenvalue weighted by Crippen LogP contribution is -2.13. The quantitative estimate of drug-likeness (QED) is 0.360. The molecule has 2 saturated carbocycles. The Bertz CT molecular complexity index is 789. The first-order chi connectivity index (χ1) is 16.3. The zero-order valence-corrected chi connectivity index (χ0v) is 21.0. The zero-order valence-electron chi connectivity index (χ0n) is 21.0. The molecule has 1 nitrogen and oxygen atoms in total. The van der Waals surface area contributed by atoms with E-state index in [0.717, 1.165) is 30.1 Å². The predicted octanol–water partition coefficient (Wildman–Crippen LogP) is 9.25. The summed E-state index contributed by atoms with van der Waals surface area (Å²) < 4.78 is 0. The fraction of sp³-hybridized carbons (Fsp3) is 0.625. The number of unbranched alkanes of at least 4 members (excludes halogenated alkanes) is 2. The van der Waals surface area contributed by atoms with E-state index in [1.165, 1.54) is 100 Å². The van der Waals surface area contributed by atoms with E-state index in [4.69, 9.17) is 5.11 Å². The molecule has 2 aliphatic rings. The number of rotatable bonds is 10. The van der Waals surface area contributed by atoms with Gasteiger partial charge in [-0.25, -0.2) is 0 Å². The number of hydrogen-bond donors (Lipinski definition) is 1. The molecule has 1 N–H and O–H groups in total. The number of aliphatic hydroxyl groups excluding tert-OH is 1. The Labute approximate surface area is 203 Å². The smallest absolute Gasteiger partial charge is 0.0431 e. The Kier molecular flexibility index (Phi) is 9.47. The second-order valence-electron chi connectivity index (χ2n) is 11.0. The third-order valence-electron chi connectivity index (χ3n) is 8.78.